The molecular weight excluding hydrogens is 271 g/mol. The van der Waals surface area contributed by atoms with Crippen molar-refractivity contribution in [3.05, 3.63) is 33.8 Å². The minimum Gasteiger partial charge on any atom is -0.355 e. The van der Waals surface area contributed by atoms with Crippen LogP contribution in [-0.4, -0.2) is 25.0 Å². The van der Waals surface area contributed by atoms with Crippen LogP contribution in [0.25, 0.3) is 0 Å². The first-order valence-corrected chi connectivity index (χ1v) is 6.67. The van der Waals surface area contributed by atoms with E-state index in [1.807, 2.05) is 18.2 Å². The lowest BCUT2D eigenvalue weighted by molar-refractivity contribution is -0.118. The quantitative estimate of drug-likeness (QED) is 0.790. The molecular formula is C13H18Cl2N2O. The van der Waals surface area contributed by atoms with Gasteiger partial charge in [-0.3, -0.25) is 4.79 Å². The van der Waals surface area contributed by atoms with Gasteiger partial charge < -0.3 is 10.6 Å². The molecule has 1 aromatic carbocycles. The van der Waals surface area contributed by atoms with Crippen molar-refractivity contribution in [2.24, 2.45) is 0 Å². The van der Waals surface area contributed by atoms with Gasteiger partial charge in [0, 0.05) is 36.1 Å². The average Bonchev–Trinajstić information content (AvgIpc) is 2.29. The van der Waals surface area contributed by atoms with E-state index >= 15 is 0 Å². The van der Waals surface area contributed by atoms with Crippen LogP contribution in [0.15, 0.2) is 18.2 Å². The highest BCUT2D eigenvalue weighted by Crippen LogP contribution is 2.25. The van der Waals surface area contributed by atoms with E-state index in [1.54, 1.807) is 0 Å². The third kappa shape index (κ3) is 5.25. The van der Waals surface area contributed by atoms with Crippen LogP contribution in [0.4, 0.5) is 0 Å². The first-order chi connectivity index (χ1) is 8.50. The Kier molecular flexibility index (Phi) is 6.47. The van der Waals surface area contributed by atoms with E-state index in [1.165, 1.54) is 6.92 Å². The third-order valence-corrected chi connectivity index (χ3v) is 3.27. The molecule has 0 bridgehead atoms. The lowest BCUT2D eigenvalue weighted by Gasteiger charge is -2.15. The van der Waals surface area contributed by atoms with Gasteiger partial charge in [0.1, 0.15) is 0 Å². The molecule has 0 aliphatic heterocycles. The summed E-state index contributed by atoms with van der Waals surface area (Å²) in [5.41, 5.74) is 0.959. The van der Waals surface area contributed by atoms with Gasteiger partial charge in [0.25, 0.3) is 0 Å². The average molecular weight is 289 g/mol. The largest absolute Gasteiger partial charge is 0.355 e. The van der Waals surface area contributed by atoms with Gasteiger partial charge in [0.05, 0.1) is 0 Å². The molecule has 0 radical (unpaired) electrons. The van der Waals surface area contributed by atoms with Crippen LogP contribution in [0.2, 0.25) is 10.0 Å². The van der Waals surface area contributed by atoms with Gasteiger partial charge >= 0.3 is 0 Å². The first-order valence-electron chi connectivity index (χ1n) is 5.91. The molecule has 1 unspecified atom stereocenters. The number of amides is 1. The summed E-state index contributed by atoms with van der Waals surface area (Å²) in [7, 11) is 0. The van der Waals surface area contributed by atoms with Crippen LogP contribution in [0.5, 0.6) is 0 Å². The van der Waals surface area contributed by atoms with E-state index < -0.39 is 0 Å². The van der Waals surface area contributed by atoms with Crippen LogP contribution in [0, 0.1) is 0 Å². The summed E-state index contributed by atoms with van der Waals surface area (Å²) in [5, 5.41) is 7.43. The Morgan fingerprint density at radius 1 is 1.28 bits per heavy atom. The van der Waals surface area contributed by atoms with Crippen molar-refractivity contribution in [1.82, 2.24) is 10.6 Å². The number of carbonyl (C=O) groups is 1. The van der Waals surface area contributed by atoms with Gasteiger partial charge in [-0.1, -0.05) is 29.3 Å². The summed E-state index contributed by atoms with van der Waals surface area (Å²) in [6.45, 7) is 4.92. The molecule has 0 heterocycles. The molecule has 0 saturated heterocycles. The molecule has 0 aliphatic rings. The standard InChI is InChI=1S/C13H18Cl2N2O/c1-9(16-6-7-17-10(2)18)8-11-12(14)4-3-5-13(11)15/h3-5,9,16H,6-8H2,1-2H3,(H,17,18). The van der Waals surface area contributed by atoms with Crippen LogP contribution in [0.1, 0.15) is 19.4 Å². The summed E-state index contributed by atoms with van der Waals surface area (Å²) in [5.74, 6) is -0.0152. The van der Waals surface area contributed by atoms with E-state index in [0.717, 1.165) is 18.5 Å². The van der Waals surface area contributed by atoms with Crippen LogP contribution in [-0.2, 0) is 11.2 Å². The molecule has 1 amide bonds. The zero-order valence-corrected chi connectivity index (χ0v) is 12.1. The molecule has 18 heavy (non-hydrogen) atoms. The Balaban J connectivity index is 2.40. The van der Waals surface area contributed by atoms with Gasteiger partial charge in [-0.05, 0) is 31.0 Å². The molecule has 0 fully saturated rings. The Labute approximate surface area is 118 Å². The maximum Gasteiger partial charge on any atom is 0.216 e. The van der Waals surface area contributed by atoms with E-state index in [0.29, 0.717) is 16.6 Å². The molecule has 0 saturated carbocycles. The Morgan fingerprint density at radius 3 is 2.44 bits per heavy atom. The van der Waals surface area contributed by atoms with E-state index in [9.17, 15) is 4.79 Å². The fourth-order valence-corrected chi connectivity index (χ4v) is 2.21. The molecule has 1 rings (SSSR count). The SMILES string of the molecule is CC(=O)NCCNC(C)Cc1c(Cl)cccc1Cl. The fraction of sp³-hybridized carbons (Fsp3) is 0.462. The Bertz CT molecular complexity index is 390. The van der Waals surface area contributed by atoms with Gasteiger partial charge in [-0.2, -0.15) is 0 Å². The van der Waals surface area contributed by atoms with Crippen LogP contribution < -0.4 is 10.6 Å². The second kappa shape index (κ2) is 7.62. The Hall–Kier alpha value is -0.770. The minimum absolute atomic E-state index is 0.0152. The summed E-state index contributed by atoms with van der Waals surface area (Å²) in [6.07, 6.45) is 0.762. The zero-order valence-electron chi connectivity index (χ0n) is 10.6. The molecule has 3 nitrogen and oxygen atoms in total. The molecule has 1 atom stereocenters. The van der Waals surface area contributed by atoms with Gasteiger partial charge in [-0.15, -0.1) is 0 Å². The highest BCUT2D eigenvalue weighted by Gasteiger charge is 2.09. The lowest BCUT2D eigenvalue weighted by Crippen LogP contribution is -2.36. The maximum atomic E-state index is 10.7. The zero-order chi connectivity index (χ0) is 13.5. The molecule has 0 aliphatic carbocycles. The molecule has 2 N–H and O–H groups in total. The van der Waals surface area contributed by atoms with E-state index in [-0.39, 0.29) is 11.9 Å². The predicted octanol–water partition coefficient (Wildman–Crippen LogP) is 2.65. The van der Waals surface area contributed by atoms with E-state index in [4.69, 9.17) is 23.2 Å². The lowest BCUT2D eigenvalue weighted by atomic mass is 10.1. The van der Waals surface area contributed by atoms with Crippen molar-refractivity contribution in [2.45, 2.75) is 26.3 Å². The number of halogens is 2. The van der Waals surface area contributed by atoms with Crippen molar-refractivity contribution in [2.75, 3.05) is 13.1 Å². The smallest absolute Gasteiger partial charge is 0.216 e. The topological polar surface area (TPSA) is 41.1 Å². The normalized spacial score (nSPS) is 12.2. The van der Waals surface area contributed by atoms with Gasteiger partial charge in [-0.25, -0.2) is 0 Å². The number of hydrogen-bond acceptors (Lipinski definition) is 2. The van der Waals surface area contributed by atoms with Crippen LogP contribution >= 0.6 is 23.2 Å². The predicted molar refractivity (Wildman–Crippen MR) is 76.3 cm³/mol. The van der Waals surface area contributed by atoms with Crippen molar-refractivity contribution < 1.29 is 4.79 Å². The summed E-state index contributed by atoms with van der Waals surface area (Å²) in [4.78, 5) is 10.7. The summed E-state index contributed by atoms with van der Waals surface area (Å²) < 4.78 is 0. The summed E-state index contributed by atoms with van der Waals surface area (Å²) in [6, 6.07) is 5.76. The van der Waals surface area contributed by atoms with Crippen molar-refractivity contribution in [3.8, 4) is 0 Å². The molecule has 5 heteroatoms. The number of hydrogen-bond donors (Lipinski definition) is 2. The van der Waals surface area contributed by atoms with Crippen molar-refractivity contribution in [3.63, 3.8) is 0 Å². The van der Waals surface area contributed by atoms with Gasteiger partial charge in [0.15, 0.2) is 0 Å². The fourth-order valence-electron chi connectivity index (χ4n) is 1.66. The van der Waals surface area contributed by atoms with E-state index in [2.05, 4.69) is 17.6 Å². The maximum absolute atomic E-state index is 10.7. The Morgan fingerprint density at radius 2 is 1.89 bits per heavy atom. The van der Waals surface area contributed by atoms with Crippen molar-refractivity contribution in [1.29, 1.82) is 0 Å². The van der Waals surface area contributed by atoms with Gasteiger partial charge in [0.2, 0.25) is 5.91 Å². The first kappa shape index (κ1) is 15.3. The summed E-state index contributed by atoms with van der Waals surface area (Å²) >= 11 is 12.2. The number of rotatable bonds is 6. The monoisotopic (exact) mass is 288 g/mol. The highest BCUT2D eigenvalue weighted by molar-refractivity contribution is 6.35. The number of carbonyl (C=O) groups excluding carboxylic acids is 1. The molecule has 1 aromatic rings. The number of nitrogens with one attached hydrogen (secondary N) is 2. The third-order valence-electron chi connectivity index (χ3n) is 2.56. The second-order valence-electron chi connectivity index (χ2n) is 4.24. The minimum atomic E-state index is -0.0152. The molecule has 0 aromatic heterocycles. The second-order valence-corrected chi connectivity index (χ2v) is 5.06. The van der Waals surface area contributed by atoms with Crippen molar-refractivity contribution >= 4 is 29.1 Å². The number of benzene rings is 1. The highest BCUT2D eigenvalue weighted by atomic mass is 35.5. The van der Waals surface area contributed by atoms with Crippen LogP contribution in [0.3, 0.4) is 0 Å². The molecule has 0 spiro atoms. The molecule has 100 valence electrons.